The Bertz CT molecular complexity index is 1110. The van der Waals surface area contributed by atoms with E-state index in [1.807, 2.05) is 71.6 Å². The number of amides is 1. The Morgan fingerprint density at radius 3 is 2.50 bits per heavy atom. The van der Waals surface area contributed by atoms with Gasteiger partial charge in [0.05, 0.1) is 22.9 Å². The molecule has 1 aliphatic heterocycles. The van der Waals surface area contributed by atoms with E-state index >= 15 is 0 Å². The topological polar surface area (TPSA) is 47.4 Å². The summed E-state index contributed by atoms with van der Waals surface area (Å²) in [6, 6.07) is 17.8. The highest BCUT2D eigenvalue weighted by atomic mass is 32.2. The normalized spacial score (nSPS) is 15.3. The van der Waals surface area contributed by atoms with E-state index in [-0.39, 0.29) is 5.91 Å². The number of para-hydroxylation sites is 1. The van der Waals surface area contributed by atoms with E-state index in [0.29, 0.717) is 15.8 Å². The monoisotopic (exact) mass is 435 g/mol. The first kappa shape index (κ1) is 20.4. The molecule has 1 amide bonds. The fourth-order valence-electron chi connectivity index (χ4n) is 3.05. The smallest absolute Gasteiger partial charge is 0.265 e. The molecule has 0 unspecified atom stereocenters. The zero-order valence-corrected chi connectivity index (χ0v) is 18.4. The predicted molar refractivity (Wildman–Crippen MR) is 126 cm³/mol. The Kier molecular flexibility index (Phi) is 6.01. The van der Waals surface area contributed by atoms with Gasteiger partial charge in [-0.25, -0.2) is 4.68 Å². The van der Waals surface area contributed by atoms with Gasteiger partial charge in [-0.1, -0.05) is 49.1 Å². The second-order valence-electron chi connectivity index (χ2n) is 6.83. The van der Waals surface area contributed by atoms with Crippen LogP contribution in [0.1, 0.15) is 18.9 Å². The number of benzene rings is 2. The molecule has 0 bridgehead atoms. The molecule has 0 atom stereocenters. The van der Waals surface area contributed by atoms with Crippen molar-refractivity contribution in [2.24, 2.45) is 0 Å². The molecule has 4 rings (SSSR count). The van der Waals surface area contributed by atoms with E-state index < -0.39 is 0 Å². The minimum Gasteiger partial charge on any atom is -0.494 e. The molecule has 30 heavy (non-hydrogen) atoms. The predicted octanol–water partition coefficient (Wildman–Crippen LogP) is 5.16. The quantitative estimate of drug-likeness (QED) is 0.395. The highest BCUT2D eigenvalue weighted by Gasteiger charge is 2.29. The van der Waals surface area contributed by atoms with E-state index in [1.54, 1.807) is 7.05 Å². The highest BCUT2D eigenvalue weighted by Crippen LogP contribution is 2.34. The van der Waals surface area contributed by atoms with Crippen molar-refractivity contribution in [2.45, 2.75) is 13.3 Å². The number of thiocarbonyl (C=S) groups is 1. The lowest BCUT2D eigenvalue weighted by atomic mass is 10.1. The van der Waals surface area contributed by atoms with Crippen LogP contribution in [0.5, 0.6) is 5.75 Å². The van der Waals surface area contributed by atoms with E-state index in [0.717, 1.165) is 34.7 Å². The number of nitrogens with zero attached hydrogens (tertiary/aromatic N) is 3. The second kappa shape index (κ2) is 8.85. The van der Waals surface area contributed by atoms with Gasteiger partial charge in [0.15, 0.2) is 0 Å². The lowest BCUT2D eigenvalue weighted by Crippen LogP contribution is -2.22. The molecular weight excluding hydrogens is 414 g/mol. The van der Waals surface area contributed by atoms with Crippen molar-refractivity contribution >= 4 is 40.3 Å². The van der Waals surface area contributed by atoms with Gasteiger partial charge in [0, 0.05) is 24.4 Å². The lowest BCUT2D eigenvalue weighted by Gasteiger charge is -2.06. The van der Waals surface area contributed by atoms with Gasteiger partial charge in [-0.2, -0.15) is 5.10 Å². The summed E-state index contributed by atoms with van der Waals surface area (Å²) in [6.45, 7) is 2.77. The van der Waals surface area contributed by atoms with Crippen molar-refractivity contribution in [1.82, 2.24) is 14.7 Å². The molecule has 0 aliphatic carbocycles. The van der Waals surface area contributed by atoms with Gasteiger partial charge in [-0.3, -0.25) is 9.69 Å². The van der Waals surface area contributed by atoms with Crippen LogP contribution in [0.25, 0.3) is 23.0 Å². The van der Waals surface area contributed by atoms with Crippen molar-refractivity contribution in [1.29, 1.82) is 0 Å². The summed E-state index contributed by atoms with van der Waals surface area (Å²) >= 11 is 6.57. The number of hydrogen-bond acceptors (Lipinski definition) is 5. The molecule has 152 valence electrons. The van der Waals surface area contributed by atoms with Crippen LogP contribution in [0.4, 0.5) is 0 Å². The van der Waals surface area contributed by atoms with Crippen molar-refractivity contribution in [2.75, 3.05) is 13.7 Å². The SMILES string of the molecule is CCCOc1ccc(-c2nn(-c3ccccc3)cc2/C=C2\SC(=S)N(C)C2=O)cc1. The van der Waals surface area contributed by atoms with Gasteiger partial charge in [0.25, 0.3) is 5.91 Å². The molecule has 0 spiro atoms. The molecule has 1 aromatic heterocycles. The number of carbonyl (C=O) groups is 1. The Morgan fingerprint density at radius 2 is 1.87 bits per heavy atom. The van der Waals surface area contributed by atoms with Gasteiger partial charge >= 0.3 is 0 Å². The van der Waals surface area contributed by atoms with Crippen molar-refractivity contribution < 1.29 is 9.53 Å². The number of rotatable bonds is 6. The summed E-state index contributed by atoms with van der Waals surface area (Å²) in [5.74, 6) is 0.739. The molecule has 0 saturated carbocycles. The number of likely N-dealkylation sites (N-methyl/N-ethyl adjacent to an activating group) is 1. The minimum absolute atomic E-state index is 0.0910. The Hall–Kier alpha value is -2.90. The lowest BCUT2D eigenvalue weighted by molar-refractivity contribution is -0.121. The molecule has 7 heteroatoms. The van der Waals surface area contributed by atoms with Gasteiger partial charge in [-0.05, 0) is 48.9 Å². The third-order valence-electron chi connectivity index (χ3n) is 4.64. The summed E-state index contributed by atoms with van der Waals surface area (Å²) in [5.41, 5.74) is 3.55. The molecule has 0 radical (unpaired) electrons. The zero-order valence-electron chi connectivity index (χ0n) is 16.7. The summed E-state index contributed by atoms with van der Waals surface area (Å²) < 4.78 is 8.08. The van der Waals surface area contributed by atoms with Crippen LogP contribution in [-0.4, -0.2) is 38.6 Å². The maximum Gasteiger partial charge on any atom is 0.265 e. The van der Waals surface area contributed by atoms with E-state index in [1.165, 1.54) is 16.7 Å². The van der Waals surface area contributed by atoms with Crippen LogP contribution >= 0.6 is 24.0 Å². The van der Waals surface area contributed by atoms with E-state index in [9.17, 15) is 4.79 Å². The standard InChI is InChI=1S/C23H21N3O2S2/c1-3-13-28-19-11-9-16(10-12-19)21-17(14-20-22(27)25(2)23(29)30-20)15-26(24-21)18-7-5-4-6-8-18/h4-12,14-15H,3,13H2,1-2H3/b20-14-. The molecule has 2 heterocycles. The number of aromatic nitrogens is 2. The molecule has 0 N–H and O–H groups in total. The summed E-state index contributed by atoms with van der Waals surface area (Å²) in [6.07, 6.45) is 4.77. The van der Waals surface area contributed by atoms with Crippen LogP contribution in [0.2, 0.25) is 0 Å². The molecular formula is C23H21N3O2S2. The number of thioether (sulfide) groups is 1. The molecule has 3 aromatic rings. The summed E-state index contributed by atoms with van der Waals surface area (Å²) in [7, 11) is 1.70. The van der Waals surface area contributed by atoms with Crippen LogP contribution in [0.3, 0.4) is 0 Å². The molecule has 5 nitrogen and oxygen atoms in total. The molecule has 2 aromatic carbocycles. The maximum absolute atomic E-state index is 12.5. The number of hydrogen-bond donors (Lipinski definition) is 0. The molecule has 1 aliphatic rings. The van der Waals surface area contributed by atoms with Crippen molar-refractivity contribution in [3.63, 3.8) is 0 Å². The van der Waals surface area contributed by atoms with Crippen LogP contribution in [0, 0.1) is 0 Å². The van der Waals surface area contributed by atoms with Gasteiger partial charge in [-0.15, -0.1) is 0 Å². The highest BCUT2D eigenvalue weighted by molar-refractivity contribution is 8.26. The second-order valence-corrected chi connectivity index (χ2v) is 8.50. The fourth-order valence-corrected chi connectivity index (χ4v) is 4.22. The van der Waals surface area contributed by atoms with Crippen LogP contribution in [0.15, 0.2) is 65.7 Å². The zero-order chi connectivity index (χ0) is 21.1. The summed E-state index contributed by atoms with van der Waals surface area (Å²) in [5, 5.41) is 4.81. The van der Waals surface area contributed by atoms with E-state index in [4.69, 9.17) is 22.1 Å². The number of ether oxygens (including phenoxy) is 1. The Balaban J connectivity index is 1.76. The fraction of sp³-hybridized carbons (Fsp3) is 0.174. The van der Waals surface area contributed by atoms with Gasteiger partial charge < -0.3 is 4.74 Å². The van der Waals surface area contributed by atoms with Crippen LogP contribution < -0.4 is 4.74 Å². The first-order chi connectivity index (χ1) is 14.6. The third kappa shape index (κ3) is 4.17. The van der Waals surface area contributed by atoms with Gasteiger partial charge in [0.1, 0.15) is 10.1 Å². The first-order valence-electron chi connectivity index (χ1n) is 9.66. The Labute approximate surface area is 185 Å². The average molecular weight is 436 g/mol. The van der Waals surface area contributed by atoms with E-state index in [2.05, 4.69) is 6.92 Å². The van der Waals surface area contributed by atoms with Crippen molar-refractivity contribution in [3.8, 4) is 22.7 Å². The molecule has 1 saturated heterocycles. The minimum atomic E-state index is -0.0910. The van der Waals surface area contributed by atoms with Gasteiger partial charge in [0.2, 0.25) is 0 Å². The average Bonchev–Trinajstić information content (AvgIpc) is 3.30. The molecule has 1 fully saturated rings. The van der Waals surface area contributed by atoms with Crippen molar-refractivity contribution in [3.05, 3.63) is 71.3 Å². The number of carbonyl (C=O) groups excluding carboxylic acids is 1. The Morgan fingerprint density at radius 1 is 1.13 bits per heavy atom. The first-order valence-corrected chi connectivity index (χ1v) is 10.9. The summed E-state index contributed by atoms with van der Waals surface area (Å²) in [4.78, 5) is 14.6. The van der Waals surface area contributed by atoms with Crippen LogP contribution in [-0.2, 0) is 4.79 Å². The third-order valence-corrected chi connectivity index (χ3v) is 6.12. The maximum atomic E-state index is 12.5. The largest absolute Gasteiger partial charge is 0.494 e.